The third-order valence-corrected chi connectivity index (χ3v) is 3.02. The Morgan fingerprint density at radius 3 is 2.43 bits per heavy atom. The molecule has 0 aromatic carbocycles. The standard InChI is InChI=1S/C10H14ClN3/c11-10(5-2-1-3-6-10)14-9-12-7-4-8-13-9/h4,7-8H,1-3,5-6H2,(H,12,13,14). The number of anilines is 1. The minimum atomic E-state index is -0.320. The van der Waals surface area contributed by atoms with Crippen molar-refractivity contribution in [1.82, 2.24) is 9.97 Å². The van der Waals surface area contributed by atoms with E-state index in [0.29, 0.717) is 5.95 Å². The molecule has 4 heteroatoms. The molecular weight excluding hydrogens is 198 g/mol. The summed E-state index contributed by atoms with van der Waals surface area (Å²) in [7, 11) is 0. The first kappa shape index (κ1) is 9.71. The quantitative estimate of drug-likeness (QED) is 0.604. The molecule has 1 fully saturated rings. The van der Waals surface area contributed by atoms with Gasteiger partial charge in [-0.25, -0.2) is 9.97 Å². The van der Waals surface area contributed by atoms with Gasteiger partial charge in [-0.3, -0.25) is 0 Å². The van der Waals surface area contributed by atoms with Gasteiger partial charge in [-0.05, 0) is 31.7 Å². The number of nitrogens with one attached hydrogen (secondary N) is 1. The van der Waals surface area contributed by atoms with E-state index in [-0.39, 0.29) is 5.00 Å². The van der Waals surface area contributed by atoms with Crippen molar-refractivity contribution in [1.29, 1.82) is 0 Å². The van der Waals surface area contributed by atoms with Gasteiger partial charge in [0.15, 0.2) is 0 Å². The highest BCUT2D eigenvalue weighted by molar-refractivity contribution is 6.25. The van der Waals surface area contributed by atoms with Crippen LogP contribution in [0.4, 0.5) is 5.95 Å². The molecule has 0 unspecified atom stereocenters. The van der Waals surface area contributed by atoms with Gasteiger partial charge >= 0.3 is 0 Å². The van der Waals surface area contributed by atoms with Crippen LogP contribution in [0.25, 0.3) is 0 Å². The van der Waals surface area contributed by atoms with Crippen LogP contribution in [0, 0.1) is 0 Å². The molecule has 14 heavy (non-hydrogen) atoms. The summed E-state index contributed by atoms with van der Waals surface area (Å²) in [5, 5.41) is 3.20. The highest BCUT2D eigenvalue weighted by atomic mass is 35.5. The van der Waals surface area contributed by atoms with Crippen LogP contribution >= 0.6 is 11.6 Å². The topological polar surface area (TPSA) is 37.8 Å². The summed E-state index contributed by atoms with van der Waals surface area (Å²) in [4.78, 5) is 7.90. The Morgan fingerprint density at radius 2 is 1.79 bits per heavy atom. The molecule has 0 atom stereocenters. The lowest BCUT2D eigenvalue weighted by Crippen LogP contribution is -2.34. The van der Waals surface area contributed by atoms with Crippen molar-refractivity contribution in [3.8, 4) is 0 Å². The maximum absolute atomic E-state index is 6.42. The van der Waals surface area contributed by atoms with Gasteiger partial charge in [0.1, 0.15) is 5.00 Å². The molecule has 1 aliphatic carbocycles. The van der Waals surface area contributed by atoms with E-state index in [1.54, 1.807) is 18.5 Å². The molecule has 2 rings (SSSR count). The molecule has 0 aliphatic heterocycles. The van der Waals surface area contributed by atoms with Crippen molar-refractivity contribution < 1.29 is 0 Å². The zero-order valence-corrected chi connectivity index (χ0v) is 8.80. The Bertz CT molecular complexity index is 283. The smallest absolute Gasteiger partial charge is 0.223 e. The van der Waals surface area contributed by atoms with Crippen LogP contribution in [0.5, 0.6) is 0 Å². The van der Waals surface area contributed by atoms with Crippen LogP contribution in [-0.4, -0.2) is 15.0 Å². The number of rotatable bonds is 2. The lowest BCUT2D eigenvalue weighted by atomic mass is 9.95. The van der Waals surface area contributed by atoms with E-state index in [9.17, 15) is 0 Å². The monoisotopic (exact) mass is 211 g/mol. The SMILES string of the molecule is ClC1(Nc2ncccn2)CCCCC1. The predicted molar refractivity (Wildman–Crippen MR) is 57.3 cm³/mol. The van der Waals surface area contributed by atoms with E-state index in [1.165, 1.54) is 19.3 Å². The first-order valence-corrected chi connectivity index (χ1v) is 5.40. The van der Waals surface area contributed by atoms with Crippen molar-refractivity contribution in [2.24, 2.45) is 0 Å². The Labute approximate surface area is 88.9 Å². The molecule has 1 aromatic heterocycles. The highest BCUT2D eigenvalue weighted by Crippen LogP contribution is 2.33. The van der Waals surface area contributed by atoms with Gasteiger partial charge < -0.3 is 5.32 Å². The Morgan fingerprint density at radius 1 is 1.14 bits per heavy atom. The molecule has 0 amide bonds. The molecule has 1 aliphatic rings. The molecule has 1 aromatic rings. The summed E-state index contributed by atoms with van der Waals surface area (Å²) in [5.41, 5.74) is 0. The molecule has 1 heterocycles. The average molecular weight is 212 g/mol. The molecule has 1 saturated carbocycles. The van der Waals surface area contributed by atoms with Gasteiger partial charge in [0.2, 0.25) is 5.95 Å². The summed E-state index contributed by atoms with van der Waals surface area (Å²) in [6.07, 6.45) is 9.08. The van der Waals surface area contributed by atoms with Crippen LogP contribution in [0.3, 0.4) is 0 Å². The summed E-state index contributed by atoms with van der Waals surface area (Å²) in [6.45, 7) is 0. The second-order valence-electron chi connectivity index (χ2n) is 3.72. The largest absolute Gasteiger partial charge is 0.335 e. The van der Waals surface area contributed by atoms with Crippen LogP contribution in [0.2, 0.25) is 0 Å². The van der Waals surface area contributed by atoms with Gasteiger partial charge in [-0.1, -0.05) is 18.0 Å². The van der Waals surface area contributed by atoms with E-state index in [4.69, 9.17) is 11.6 Å². The fourth-order valence-corrected chi connectivity index (χ4v) is 2.15. The number of halogens is 1. The van der Waals surface area contributed by atoms with Crippen molar-refractivity contribution in [2.45, 2.75) is 37.1 Å². The minimum Gasteiger partial charge on any atom is -0.335 e. The average Bonchev–Trinajstić information content (AvgIpc) is 2.19. The fourth-order valence-electron chi connectivity index (χ4n) is 1.80. The molecule has 0 bridgehead atoms. The third-order valence-electron chi connectivity index (χ3n) is 2.55. The summed E-state index contributed by atoms with van der Waals surface area (Å²) in [6, 6.07) is 1.80. The first-order valence-electron chi connectivity index (χ1n) is 5.03. The lowest BCUT2D eigenvalue weighted by Gasteiger charge is -2.31. The Balaban J connectivity index is 2.02. The van der Waals surface area contributed by atoms with Gasteiger partial charge in [0.05, 0.1) is 0 Å². The van der Waals surface area contributed by atoms with Crippen molar-refractivity contribution in [2.75, 3.05) is 5.32 Å². The van der Waals surface area contributed by atoms with E-state index in [0.717, 1.165) is 12.8 Å². The van der Waals surface area contributed by atoms with Crippen LogP contribution in [0.15, 0.2) is 18.5 Å². The van der Waals surface area contributed by atoms with E-state index >= 15 is 0 Å². The number of aromatic nitrogens is 2. The van der Waals surface area contributed by atoms with Crippen molar-refractivity contribution in [3.05, 3.63) is 18.5 Å². The molecule has 0 saturated heterocycles. The van der Waals surface area contributed by atoms with Gasteiger partial charge in [0.25, 0.3) is 0 Å². The Hall–Kier alpha value is -0.830. The van der Waals surface area contributed by atoms with E-state index < -0.39 is 0 Å². The number of hydrogen-bond acceptors (Lipinski definition) is 3. The molecule has 1 N–H and O–H groups in total. The fraction of sp³-hybridized carbons (Fsp3) is 0.600. The molecule has 0 spiro atoms. The maximum atomic E-state index is 6.42. The third kappa shape index (κ3) is 2.35. The zero-order valence-electron chi connectivity index (χ0n) is 8.04. The van der Waals surface area contributed by atoms with Crippen molar-refractivity contribution in [3.63, 3.8) is 0 Å². The molecule has 0 radical (unpaired) electrons. The number of nitrogens with zero attached hydrogens (tertiary/aromatic N) is 2. The predicted octanol–water partition coefficient (Wildman–Crippen LogP) is 2.79. The second kappa shape index (κ2) is 4.13. The van der Waals surface area contributed by atoms with Gasteiger partial charge in [-0.15, -0.1) is 0 Å². The maximum Gasteiger partial charge on any atom is 0.223 e. The van der Waals surface area contributed by atoms with Crippen LogP contribution in [-0.2, 0) is 0 Å². The van der Waals surface area contributed by atoms with E-state index in [2.05, 4.69) is 15.3 Å². The van der Waals surface area contributed by atoms with Crippen LogP contribution < -0.4 is 5.32 Å². The van der Waals surface area contributed by atoms with Crippen LogP contribution in [0.1, 0.15) is 32.1 Å². The number of alkyl halides is 1. The first-order chi connectivity index (χ1) is 6.79. The molecule has 3 nitrogen and oxygen atoms in total. The number of hydrogen-bond donors (Lipinski definition) is 1. The lowest BCUT2D eigenvalue weighted by molar-refractivity contribution is 0.421. The summed E-state index contributed by atoms with van der Waals surface area (Å²) in [5.74, 6) is 0.629. The molecule has 76 valence electrons. The second-order valence-corrected chi connectivity index (χ2v) is 4.45. The summed E-state index contributed by atoms with van der Waals surface area (Å²) >= 11 is 6.42. The Kier molecular flexibility index (Phi) is 2.87. The van der Waals surface area contributed by atoms with Gasteiger partial charge in [-0.2, -0.15) is 0 Å². The minimum absolute atomic E-state index is 0.320. The molecular formula is C10H14ClN3. The summed E-state index contributed by atoms with van der Waals surface area (Å²) < 4.78 is 0. The van der Waals surface area contributed by atoms with Crippen molar-refractivity contribution >= 4 is 17.5 Å². The van der Waals surface area contributed by atoms with Gasteiger partial charge in [0, 0.05) is 12.4 Å². The highest BCUT2D eigenvalue weighted by Gasteiger charge is 2.29. The van der Waals surface area contributed by atoms with E-state index in [1.807, 2.05) is 0 Å². The zero-order chi connectivity index (χ0) is 9.86. The normalized spacial score (nSPS) is 20.4.